The van der Waals surface area contributed by atoms with Crippen molar-refractivity contribution >= 4 is 49.7 Å². The Balaban J connectivity index is 1.99. The van der Waals surface area contributed by atoms with Crippen molar-refractivity contribution in [3.8, 4) is 0 Å². The van der Waals surface area contributed by atoms with E-state index in [2.05, 4.69) is 4.72 Å². The normalized spacial score (nSPS) is 11.9. The Kier molecular flexibility index (Phi) is 3.75. The molecular formula is C13H11ClN2O4S2. The van der Waals surface area contributed by atoms with Gasteiger partial charge in [0.2, 0.25) is 0 Å². The maximum absolute atomic E-state index is 12.2. The van der Waals surface area contributed by atoms with Gasteiger partial charge < -0.3 is 4.42 Å². The zero-order valence-electron chi connectivity index (χ0n) is 11.4. The number of nitrogens with zero attached hydrogens (tertiary/aromatic N) is 1. The van der Waals surface area contributed by atoms with E-state index in [0.29, 0.717) is 27.7 Å². The van der Waals surface area contributed by atoms with Gasteiger partial charge in [-0.1, -0.05) is 11.6 Å². The third-order valence-electron chi connectivity index (χ3n) is 3.05. The molecule has 0 saturated heterocycles. The molecule has 6 nitrogen and oxygen atoms in total. The standard InChI is InChI=1S/C13H11ClN2O4S2/c1-2-16-9-4-3-8(7-10(9)20-13(16)17)15-22(18,19)12-6-5-11(14)21-12/h3-7,15H,2H2,1H3. The fourth-order valence-electron chi connectivity index (χ4n) is 2.08. The Morgan fingerprint density at radius 3 is 2.73 bits per heavy atom. The quantitative estimate of drug-likeness (QED) is 0.776. The van der Waals surface area contributed by atoms with E-state index in [0.717, 1.165) is 11.3 Å². The summed E-state index contributed by atoms with van der Waals surface area (Å²) in [6.45, 7) is 2.30. The average Bonchev–Trinajstić information content (AvgIpc) is 3.01. The largest absolute Gasteiger partial charge is 0.419 e. The molecule has 0 radical (unpaired) electrons. The molecule has 0 atom stereocenters. The van der Waals surface area contributed by atoms with E-state index < -0.39 is 15.8 Å². The maximum Gasteiger partial charge on any atom is 0.419 e. The zero-order valence-corrected chi connectivity index (χ0v) is 13.8. The van der Waals surface area contributed by atoms with Crippen molar-refractivity contribution in [3.63, 3.8) is 0 Å². The Bertz CT molecular complexity index is 1000. The molecule has 0 aliphatic heterocycles. The smallest absolute Gasteiger partial charge is 0.408 e. The van der Waals surface area contributed by atoms with Crippen LogP contribution in [0.2, 0.25) is 4.34 Å². The Labute approximate surface area is 135 Å². The first kappa shape index (κ1) is 15.1. The monoisotopic (exact) mass is 358 g/mol. The minimum absolute atomic E-state index is 0.116. The molecule has 3 rings (SSSR count). The van der Waals surface area contributed by atoms with E-state index in [9.17, 15) is 13.2 Å². The highest BCUT2D eigenvalue weighted by Crippen LogP contribution is 2.28. The number of benzene rings is 1. The van der Waals surface area contributed by atoms with Gasteiger partial charge in [-0.3, -0.25) is 9.29 Å². The Morgan fingerprint density at radius 2 is 2.09 bits per heavy atom. The van der Waals surface area contributed by atoms with E-state index in [1.807, 2.05) is 6.92 Å². The van der Waals surface area contributed by atoms with Gasteiger partial charge in [0.1, 0.15) is 4.21 Å². The lowest BCUT2D eigenvalue weighted by Crippen LogP contribution is -2.12. The van der Waals surface area contributed by atoms with Gasteiger partial charge in [-0.15, -0.1) is 11.3 Å². The molecule has 2 aromatic heterocycles. The summed E-state index contributed by atoms with van der Waals surface area (Å²) in [4.78, 5) is 11.6. The molecule has 0 aliphatic rings. The molecule has 1 aromatic carbocycles. The molecule has 0 saturated carbocycles. The molecule has 22 heavy (non-hydrogen) atoms. The van der Waals surface area contributed by atoms with Crippen LogP contribution in [-0.4, -0.2) is 13.0 Å². The summed E-state index contributed by atoms with van der Waals surface area (Å²) in [5, 5.41) is 0. The Hall–Kier alpha value is -1.77. The zero-order chi connectivity index (χ0) is 15.9. The Morgan fingerprint density at radius 1 is 1.32 bits per heavy atom. The number of aryl methyl sites for hydroxylation is 1. The van der Waals surface area contributed by atoms with E-state index in [4.69, 9.17) is 16.0 Å². The van der Waals surface area contributed by atoms with E-state index in [-0.39, 0.29) is 4.21 Å². The van der Waals surface area contributed by atoms with Crippen LogP contribution in [0.3, 0.4) is 0 Å². The molecule has 0 spiro atoms. The molecule has 2 heterocycles. The molecule has 0 unspecified atom stereocenters. The highest BCUT2D eigenvalue weighted by molar-refractivity contribution is 7.94. The predicted molar refractivity (Wildman–Crippen MR) is 86.3 cm³/mol. The van der Waals surface area contributed by atoms with Gasteiger partial charge in [0.25, 0.3) is 10.0 Å². The molecular weight excluding hydrogens is 348 g/mol. The van der Waals surface area contributed by atoms with Crippen molar-refractivity contribution < 1.29 is 12.8 Å². The second-order valence-electron chi connectivity index (χ2n) is 4.46. The number of hydrogen-bond acceptors (Lipinski definition) is 5. The number of thiophene rings is 1. The van der Waals surface area contributed by atoms with Crippen LogP contribution in [0, 0.1) is 0 Å². The van der Waals surface area contributed by atoms with Crippen LogP contribution in [0.1, 0.15) is 6.92 Å². The summed E-state index contributed by atoms with van der Waals surface area (Å²) in [5.41, 5.74) is 1.26. The lowest BCUT2D eigenvalue weighted by molar-refractivity contribution is 0.513. The van der Waals surface area contributed by atoms with Crippen molar-refractivity contribution in [1.82, 2.24) is 4.57 Å². The number of fused-ring (bicyclic) bond motifs is 1. The second-order valence-corrected chi connectivity index (χ2v) is 8.08. The van der Waals surface area contributed by atoms with Crippen LogP contribution < -0.4 is 10.5 Å². The van der Waals surface area contributed by atoms with Gasteiger partial charge in [-0.25, -0.2) is 13.2 Å². The summed E-state index contributed by atoms with van der Waals surface area (Å²) in [5.74, 6) is -0.470. The molecule has 9 heteroatoms. The van der Waals surface area contributed by atoms with E-state index in [1.165, 1.54) is 22.8 Å². The van der Waals surface area contributed by atoms with Crippen LogP contribution in [0.25, 0.3) is 11.1 Å². The number of rotatable bonds is 4. The van der Waals surface area contributed by atoms with Crippen LogP contribution in [0.5, 0.6) is 0 Å². The third-order valence-corrected chi connectivity index (χ3v) is 6.15. The number of oxazole rings is 1. The number of anilines is 1. The van der Waals surface area contributed by atoms with Crippen molar-refractivity contribution in [2.75, 3.05) is 4.72 Å². The highest BCUT2D eigenvalue weighted by atomic mass is 35.5. The fraction of sp³-hybridized carbons (Fsp3) is 0.154. The fourth-order valence-corrected chi connectivity index (χ4v) is 4.61. The van der Waals surface area contributed by atoms with Gasteiger partial charge in [-0.2, -0.15) is 0 Å². The van der Waals surface area contributed by atoms with Crippen molar-refractivity contribution in [3.05, 3.63) is 45.2 Å². The molecule has 0 bridgehead atoms. The molecule has 0 amide bonds. The van der Waals surface area contributed by atoms with Gasteiger partial charge >= 0.3 is 5.76 Å². The first-order valence-corrected chi connectivity index (χ1v) is 9.00. The molecule has 0 aliphatic carbocycles. The highest BCUT2D eigenvalue weighted by Gasteiger charge is 2.17. The summed E-state index contributed by atoms with van der Waals surface area (Å²) < 4.78 is 34.0. The molecule has 1 N–H and O–H groups in total. The topological polar surface area (TPSA) is 81.3 Å². The van der Waals surface area contributed by atoms with Crippen molar-refractivity contribution in [1.29, 1.82) is 0 Å². The second kappa shape index (κ2) is 5.45. The number of aromatic nitrogens is 1. The minimum atomic E-state index is -3.71. The van der Waals surface area contributed by atoms with Gasteiger partial charge in [0.05, 0.1) is 15.5 Å². The van der Waals surface area contributed by atoms with Gasteiger partial charge in [0, 0.05) is 12.6 Å². The lowest BCUT2D eigenvalue weighted by atomic mass is 10.3. The SMILES string of the molecule is CCn1c(=O)oc2cc(NS(=O)(=O)c3ccc(Cl)s3)ccc21. The molecule has 116 valence electrons. The van der Waals surface area contributed by atoms with Crippen LogP contribution in [0.4, 0.5) is 5.69 Å². The number of hydrogen-bond donors (Lipinski definition) is 1. The first-order chi connectivity index (χ1) is 10.4. The van der Waals surface area contributed by atoms with Gasteiger partial charge in [0.15, 0.2) is 5.58 Å². The van der Waals surface area contributed by atoms with Crippen LogP contribution in [0.15, 0.2) is 43.8 Å². The van der Waals surface area contributed by atoms with E-state index in [1.54, 1.807) is 12.1 Å². The van der Waals surface area contributed by atoms with Crippen molar-refractivity contribution in [2.24, 2.45) is 0 Å². The van der Waals surface area contributed by atoms with Gasteiger partial charge in [-0.05, 0) is 31.2 Å². The van der Waals surface area contributed by atoms with Crippen LogP contribution >= 0.6 is 22.9 Å². The summed E-state index contributed by atoms with van der Waals surface area (Å²) >= 11 is 6.72. The minimum Gasteiger partial charge on any atom is -0.408 e. The number of nitrogens with one attached hydrogen (secondary N) is 1. The maximum atomic E-state index is 12.2. The number of halogens is 1. The average molecular weight is 359 g/mol. The summed E-state index contributed by atoms with van der Waals surface area (Å²) in [6.07, 6.45) is 0. The molecule has 3 aromatic rings. The third kappa shape index (κ3) is 2.65. The van der Waals surface area contributed by atoms with Crippen molar-refractivity contribution in [2.45, 2.75) is 17.7 Å². The molecule has 0 fully saturated rings. The number of sulfonamides is 1. The predicted octanol–water partition coefficient (Wildman–Crippen LogP) is 3.13. The first-order valence-electron chi connectivity index (χ1n) is 6.32. The van der Waals surface area contributed by atoms with E-state index >= 15 is 0 Å². The summed E-state index contributed by atoms with van der Waals surface area (Å²) in [7, 11) is -3.71. The lowest BCUT2D eigenvalue weighted by Gasteiger charge is -2.06. The van der Waals surface area contributed by atoms with Crippen LogP contribution in [-0.2, 0) is 16.6 Å². The summed E-state index contributed by atoms with van der Waals surface area (Å²) in [6, 6.07) is 7.65.